The van der Waals surface area contributed by atoms with Crippen LogP contribution in [-0.4, -0.2) is 22.4 Å². The summed E-state index contributed by atoms with van der Waals surface area (Å²) in [5, 5.41) is 6.74. The van der Waals surface area contributed by atoms with Crippen LogP contribution in [0.15, 0.2) is 54.7 Å². The molecule has 2 N–H and O–H groups in total. The van der Waals surface area contributed by atoms with Gasteiger partial charge in [0.1, 0.15) is 5.69 Å². The molecule has 1 aromatic heterocycles. The Kier molecular flexibility index (Phi) is 6.04. The lowest BCUT2D eigenvalue weighted by Crippen LogP contribution is -2.26. The van der Waals surface area contributed by atoms with Gasteiger partial charge in [-0.05, 0) is 67.3 Å². The van der Waals surface area contributed by atoms with Crippen LogP contribution in [0.25, 0.3) is 0 Å². The van der Waals surface area contributed by atoms with Gasteiger partial charge < -0.3 is 10.6 Å². The number of hydrogen-bond donors (Lipinski definition) is 2. The van der Waals surface area contributed by atoms with Gasteiger partial charge in [0.05, 0.1) is 0 Å². The predicted molar refractivity (Wildman–Crippen MR) is 109 cm³/mol. The van der Waals surface area contributed by atoms with Gasteiger partial charge in [-0.3, -0.25) is 4.79 Å². The maximum Gasteiger partial charge on any atom is 0.270 e. The van der Waals surface area contributed by atoms with Crippen molar-refractivity contribution in [3.63, 3.8) is 0 Å². The molecule has 0 saturated heterocycles. The van der Waals surface area contributed by atoms with E-state index in [-0.39, 0.29) is 5.91 Å². The first-order valence-corrected chi connectivity index (χ1v) is 9.08. The number of benzene rings is 2. The molecule has 5 nitrogen and oxygen atoms in total. The molecule has 3 rings (SSSR count). The minimum absolute atomic E-state index is 0.227. The van der Waals surface area contributed by atoms with Crippen molar-refractivity contribution in [2.75, 3.05) is 11.9 Å². The molecule has 1 amide bonds. The van der Waals surface area contributed by atoms with Crippen molar-refractivity contribution < 1.29 is 4.79 Å². The number of anilines is 2. The summed E-state index contributed by atoms with van der Waals surface area (Å²) in [7, 11) is 0. The molecule has 0 spiro atoms. The van der Waals surface area contributed by atoms with E-state index in [1.165, 1.54) is 0 Å². The Morgan fingerprint density at radius 2 is 1.74 bits per heavy atom. The molecule has 0 atom stereocenters. The van der Waals surface area contributed by atoms with Gasteiger partial charge in [-0.2, -0.15) is 0 Å². The smallest absolute Gasteiger partial charge is 0.270 e. The van der Waals surface area contributed by atoms with E-state index in [1.807, 2.05) is 50.2 Å². The van der Waals surface area contributed by atoms with E-state index in [0.29, 0.717) is 23.2 Å². The highest BCUT2D eigenvalue weighted by atomic mass is 35.5. The van der Waals surface area contributed by atoms with Gasteiger partial charge in [-0.15, -0.1) is 0 Å². The largest absolute Gasteiger partial charge is 0.350 e. The Hall–Kier alpha value is -2.92. The molecule has 0 aliphatic carbocycles. The molecule has 0 aliphatic rings. The van der Waals surface area contributed by atoms with E-state index in [2.05, 4.69) is 26.7 Å². The summed E-state index contributed by atoms with van der Waals surface area (Å²) in [4.78, 5) is 20.9. The summed E-state index contributed by atoms with van der Waals surface area (Å²) < 4.78 is 0. The second kappa shape index (κ2) is 8.64. The van der Waals surface area contributed by atoms with E-state index in [0.717, 1.165) is 28.8 Å². The lowest BCUT2D eigenvalue weighted by Gasteiger charge is -2.09. The molecule has 0 radical (unpaired) electrons. The second-order valence-electron chi connectivity index (χ2n) is 6.40. The van der Waals surface area contributed by atoms with Crippen LogP contribution in [0.4, 0.5) is 11.6 Å². The standard InChI is InChI=1S/C21H21ClN4O/c1-14-11-15(2)13-18(12-14)25-21-24-10-8-19(26-21)20(27)23-9-7-16-3-5-17(22)6-4-16/h3-6,8,10-13H,7,9H2,1-2H3,(H,23,27)(H,24,25,26). The lowest BCUT2D eigenvalue weighted by molar-refractivity contribution is 0.0949. The first-order valence-electron chi connectivity index (χ1n) is 8.70. The summed E-state index contributed by atoms with van der Waals surface area (Å²) in [5.74, 6) is 0.167. The second-order valence-corrected chi connectivity index (χ2v) is 6.84. The predicted octanol–water partition coefficient (Wildman–Crippen LogP) is 4.46. The number of nitrogens with zero attached hydrogens (tertiary/aromatic N) is 2. The van der Waals surface area contributed by atoms with Crippen LogP contribution in [0.3, 0.4) is 0 Å². The van der Waals surface area contributed by atoms with Crippen LogP contribution >= 0.6 is 11.6 Å². The molecule has 0 saturated carbocycles. The zero-order valence-corrected chi connectivity index (χ0v) is 16.0. The van der Waals surface area contributed by atoms with Gasteiger partial charge in [0, 0.05) is 23.5 Å². The summed E-state index contributed by atoms with van der Waals surface area (Å²) in [5.41, 5.74) is 4.63. The van der Waals surface area contributed by atoms with Gasteiger partial charge in [0.15, 0.2) is 0 Å². The van der Waals surface area contributed by atoms with Crippen molar-refractivity contribution in [1.29, 1.82) is 0 Å². The summed E-state index contributed by atoms with van der Waals surface area (Å²) in [6, 6.07) is 15.3. The van der Waals surface area contributed by atoms with Crippen LogP contribution in [-0.2, 0) is 6.42 Å². The molecule has 3 aromatic rings. The maximum absolute atomic E-state index is 12.4. The fourth-order valence-corrected chi connectivity index (χ4v) is 2.91. The zero-order valence-electron chi connectivity index (χ0n) is 15.3. The number of aromatic nitrogens is 2. The lowest BCUT2D eigenvalue weighted by atomic mass is 10.1. The Balaban J connectivity index is 1.60. The molecule has 27 heavy (non-hydrogen) atoms. The average molecular weight is 381 g/mol. The molecule has 0 bridgehead atoms. The van der Waals surface area contributed by atoms with Gasteiger partial charge in [-0.25, -0.2) is 9.97 Å². The Morgan fingerprint density at radius 1 is 1.04 bits per heavy atom. The number of carbonyl (C=O) groups is 1. The zero-order chi connectivity index (χ0) is 19.2. The molecular formula is C21H21ClN4O. The van der Waals surface area contributed by atoms with Gasteiger partial charge in [0.25, 0.3) is 5.91 Å². The molecule has 0 aliphatic heterocycles. The summed E-state index contributed by atoms with van der Waals surface area (Å²) in [6.45, 7) is 4.58. The van der Waals surface area contributed by atoms with Crippen LogP contribution in [0.5, 0.6) is 0 Å². The fraction of sp³-hybridized carbons (Fsp3) is 0.190. The Bertz CT molecular complexity index is 921. The van der Waals surface area contributed by atoms with E-state index in [9.17, 15) is 4.79 Å². The maximum atomic E-state index is 12.4. The minimum Gasteiger partial charge on any atom is -0.350 e. The van der Waals surface area contributed by atoms with Gasteiger partial charge >= 0.3 is 0 Å². The summed E-state index contributed by atoms with van der Waals surface area (Å²) >= 11 is 5.88. The number of amides is 1. The first-order chi connectivity index (χ1) is 13.0. The fourth-order valence-electron chi connectivity index (χ4n) is 2.78. The summed E-state index contributed by atoms with van der Waals surface area (Å²) in [6.07, 6.45) is 2.30. The highest BCUT2D eigenvalue weighted by Gasteiger charge is 2.09. The van der Waals surface area contributed by atoms with Crippen LogP contribution in [0.1, 0.15) is 27.2 Å². The highest BCUT2D eigenvalue weighted by molar-refractivity contribution is 6.30. The van der Waals surface area contributed by atoms with Crippen LogP contribution < -0.4 is 10.6 Å². The van der Waals surface area contributed by atoms with E-state index in [4.69, 9.17) is 11.6 Å². The van der Waals surface area contributed by atoms with Gasteiger partial charge in [0.2, 0.25) is 5.95 Å². The first kappa shape index (κ1) is 18.9. The number of halogens is 1. The number of carbonyl (C=O) groups excluding carboxylic acids is 1. The topological polar surface area (TPSA) is 66.9 Å². The SMILES string of the molecule is Cc1cc(C)cc(Nc2nccc(C(=O)NCCc3ccc(Cl)cc3)n2)c1. The third kappa shape index (κ3) is 5.53. The highest BCUT2D eigenvalue weighted by Crippen LogP contribution is 2.17. The average Bonchev–Trinajstić information content (AvgIpc) is 2.62. The minimum atomic E-state index is -0.227. The Morgan fingerprint density at radius 3 is 2.44 bits per heavy atom. The Labute approximate surface area is 163 Å². The third-order valence-corrected chi connectivity index (χ3v) is 4.23. The quantitative estimate of drug-likeness (QED) is 0.662. The third-order valence-electron chi connectivity index (χ3n) is 3.98. The molecule has 0 unspecified atom stereocenters. The van der Waals surface area contributed by atoms with E-state index < -0.39 is 0 Å². The number of aryl methyl sites for hydroxylation is 2. The van der Waals surface area contributed by atoms with E-state index in [1.54, 1.807) is 12.3 Å². The number of hydrogen-bond acceptors (Lipinski definition) is 4. The van der Waals surface area contributed by atoms with Crippen molar-refractivity contribution in [1.82, 2.24) is 15.3 Å². The molecule has 1 heterocycles. The number of nitrogens with one attached hydrogen (secondary N) is 2. The van der Waals surface area contributed by atoms with Crippen molar-refractivity contribution >= 4 is 29.1 Å². The van der Waals surface area contributed by atoms with Crippen LogP contribution in [0, 0.1) is 13.8 Å². The van der Waals surface area contributed by atoms with Crippen molar-refractivity contribution in [2.45, 2.75) is 20.3 Å². The molecule has 138 valence electrons. The van der Waals surface area contributed by atoms with Crippen LogP contribution in [0.2, 0.25) is 5.02 Å². The molecular weight excluding hydrogens is 360 g/mol. The monoisotopic (exact) mass is 380 g/mol. The van der Waals surface area contributed by atoms with E-state index >= 15 is 0 Å². The normalized spacial score (nSPS) is 10.5. The molecule has 2 aromatic carbocycles. The van der Waals surface area contributed by atoms with Gasteiger partial charge in [-0.1, -0.05) is 29.8 Å². The van der Waals surface area contributed by atoms with Crippen molar-refractivity contribution in [2.24, 2.45) is 0 Å². The number of rotatable bonds is 6. The van der Waals surface area contributed by atoms with Crippen molar-refractivity contribution in [3.8, 4) is 0 Å². The van der Waals surface area contributed by atoms with Crippen molar-refractivity contribution in [3.05, 3.63) is 82.1 Å². The molecule has 0 fully saturated rings. The molecule has 6 heteroatoms.